The molecule has 1 fully saturated rings. The summed E-state index contributed by atoms with van der Waals surface area (Å²) in [5.74, 6) is 0.225. The molecular weight excluding hydrogens is 423 g/mol. The highest BCUT2D eigenvalue weighted by Crippen LogP contribution is 2.42. The first-order valence-corrected chi connectivity index (χ1v) is 10.9. The number of imidazole rings is 1. The van der Waals surface area contributed by atoms with Gasteiger partial charge in [0.2, 0.25) is 0 Å². The van der Waals surface area contributed by atoms with Gasteiger partial charge < -0.3 is 14.0 Å². The number of hydrogen-bond donors (Lipinski definition) is 0. The number of nitrogens with zero attached hydrogens (tertiary/aromatic N) is 3. The molecule has 6 nitrogen and oxygen atoms in total. The van der Waals surface area contributed by atoms with Crippen LogP contribution in [0.5, 0.6) is 5.75 Å². The Hall–Kier alpha value is -2.71. The van der Waals surface area contributed by atoms with Gasteiger partial charge in [-0.1, -0.05) is 6.07 Å². The van der Waals surface area contributed by atoms with Crippen LogP contribution in [0, 0.1) is 5.82 Å². The molecule has 1 saturated carbocycles. The van der Waals surface area contributed by atoms with Crippen LogP contribution in [-0.4, -0.2) is 39.3 Å². The number of amides is 1. The second-order valence-electron chi connectivity index (χ2n) is 9.34. The van der Waals surface area contributed by atoms with E-state index in [-0.39, 0.29) is 6.04 Å². The van der Waals surface area contributed by atoms with Crippen molar-refractivity contribution in [3.05, 3.63) is 47.3 Å². The van der Waals surface area contributed by atoms with E-state index < -0.39 is 29.9 Å². The maximum Gasteiger partial charge on any atom is 0.410 e. The van der Waals surface area contributed by atoms with Gasteiger partial charge in [-0.25, -0.2) is 14.2 Å². The van der Waals surface area contributed by atoms with Crippen molar-refractivity contribution in [3.8, 4) is 5.75 Å². The minimum atomic E-state index is -3.08. The minimum absolute atomic E-state index is 0.279. The van der Waals surface area contributed by atoms with Gasteiger partial charge in [-0.15, -0.1) is 0 Å². The molecule has 32 heavy (non-hydrogen) atoms. The Morgan fingerprint density at radius 3 is 2.62 bits per heavy atom. The summed E-state index contributed by atoms with van der Waals surface area (Å²) in [5, 5.41) is 0. The molecule has 2 heterocycles. The Kier molecular flexibility index (Phi) is 6.09. The van der Waals surface area contributed by atoms with Gasteiger partial charge in [-0.2, -0.15) is 8.78 Å². The smallest absolute Gasteiger partial charge is 0.410 e. The number of carbonyl (C=O) groups excluding carboxylic acids is 1. The summed E-state index contributed by atoms with van der Waals surface area (Å²) in [6.07, 6.45) is 4.65. The molecule has 1 aromatic carbocycles. The van der Waals surface area contributed by atoms with E-state index in [0.717, 1.165) is 24.4 Å². The van der Waals surface area contributed by atoms with Crippen LogP contribution in [0.4, 0.5) is 18.0 Å². The number of fused-ring (bicyclic) bond motifs is 1. The number of alkyl halides is 2. The number of aryl methyl sites for hydroxylation is 1. The van der Waals surface area contributed by atoms with Gasteiger partial charge in [0.05, 0.1) is 17.9 Å². The molecule has 4 rings (SSSR count). The van der Waals surface area contributed by atoms with Crippen LogP contribution in [0.3, 0.4) is 0 Å². The average molecular weight is 451 g/mol. The molecule has 1 amide bonds. The van der Waals surface area contributed by atoms with Crippen molar-refractivity contribution >= 4 is 6.09 Å². The second kappa shape index (κ2) is 8.67. The van der Waals surface area contributed by atoms with Crippen molar-refractivity contribution in [1.82, 2.24) is 14.5 Å². The zero-order valence-electron chi connectivity index (χ0n) is 18.5. The van der Waals surface area contributed by atoms with Crippen molar-refractivity contribution in [3.63, 3.8) is 0 Å². The number of halogens is 3. The van der Waals surface area contributed by atoms with Crippen LogP contribution in [0.2, 0.25) is 0 Å². The average Bonchev–Trinajstić information content (AvgIpc) is 3.45. The van der Waals surface area contributed by atoms with E-state index in [9.17, 15) is 18.0 Å². The van der Waals surface area contributed by atoms with Crippen LogP contribution >= 0.6 is 0 Å². The minimum Gasteiger partial charge on any atom is -0.444 e. The van der Waals surface area contributed by atoms with Gasteiger partial charge in [0, 0.05) is 19.0 Å². The molecule has 0 bridgehead atoms. The number of carbonyl (C=O) groups is 1. The first kappa shape index (κ1) is 22.5. The molecule has 0 saturated heterocycles. The van der Waals surface area contributed by atoms with Crippen molar-refractivity contribution < 1.29 is 27.4 Å². The molecule has 2 aliphatic rings. The van der Waals surface area contributed by atoms with Gasteiger partial charge in [0.15, 0.2) is 11.6 Å². The largest absolute Gasteiger partial charge is 0.444 e. The Morgan fingerprint density at radius 1 is 1.25 bits per heavy atom. The summed E-state index contributed by atoms with van der Waals surface area (Å²) in [4.78, 5) is 19.3. The zero-order valence-corrected chi connectivity index (χ0v) is 18.5. The number of rotatable bonds is 6. The lowest BCUT2D eigenvalue weighted by atomic mass is 10.00. The van der Waals surface area contributed by atoms with Crippen molar-refractivity contribution in [2.24, 2.45) is 0 Å². The third-order valence-electron chi connectivity index (χ3n) is 5.69. The van der Waals surface area contributed by atoms with Crippen molar-refractivity contribution in [1.29, 1.82) is 0 Å². The topological polar surface area (TPSA) is 56.6 Å². The van der Waals surface area contributed by atoms with E-state index >= 15 is 0 Å². The second-order valence-corrected chi connectivity index (χ2v) is 9.34. The van der Waals surface area contributed by atoms with Gasteiger partial charge in [0.25, 0.3) is 0 Å². The van der Waals surface area contributed by atoms with Gasteiger partial charge >= 0.3 is 12.7 Å². The molecule has 1 atom stereocenters. The fraction of sp³-hybridized carbons (Fsp3) is 0.565. The van der Waals surface area contributed by atoms with E-state index in [2.05, 4.69) is 14.3 Å². The number of ether oxygens (including phenoxy) is 2. The molecule has 0 spiro atoms. The third kappa shape index (κ3) is 5.02. The fourth-order valence-corrected chi connectivity index (χ4v) is 4.14. The molecule has 9 heteroatoms. The maximum absolute atomic E-state index is 14.1. The predicted octanol–water partition coefficient (Wildman–Crippen LogP) is 5.43. The van der Waals surface area contributed by atoms with Gasteiger partial charge in [-0.3, -0.25) is 4.90 Å². The molecule has 0 radical (unpaired) electrons. The maximum atomic E-state index is 14.1. The molecule has 1 aromatic heterocycles. The van der Waals surface area contributed by atoms with Crippen molar-refractivity contribution in [2.45, 2.75) is 77.2 Å². The lowest BCUT2D eigenvalue weighted by Crippen LogP contribution is -2.44. The zero-order chi connectivity index (χ0) is 23.0. The number of aromatic nitrogens is 2. The van der Waals surface area contributed by atoms with E-state index in [1.807, 2.05) is 27.0 Å². The van der Waals surface area contributed by atoms with Crippen LogP contribution in [-0.2, 0) is 17.7 Å². The third-order valence-corrected chi connectivity index (χ3v) is 5.69. The quantitative estimate of drug-likeness (QED) is 0.588. The van der Waals surface area contributed by atoms with Crippen LogP contribution < -0.4 is 4.74 Å². The van der Waals surface area contributed by atoms with Crippen LogP contribution in [0.1, 0.15) is 69.1 Å². The lowest BCUT2D eigenvalue weighted by molar-refractivity contribution is -0.0522. The highest BCUT2D eigenvalue weighted by atomic mass is 19.3. The van der Waals surface area contributed by atoms with Crippen LogP contribution in [0.25, 0.3) is 0 Å². The molecule has 1 aliphatic carbocycles. The first-order valence-electron chi connectivity index (χ1n) is 10.9. The van der Waals surface area contributed by atoms with E-state index in [1.165, 1.54) is 12.1 Å². The highest BCUT2D eigenvalue weighted by molar-refractivity contribution is 5.69. The van der Waals surface area contributed by atoms with E-state index in [4.69, 9.17) is 4.74 Å². The summed E-state index contributed by atoms with van der Waals surface area (Å²) in [7, 11) is 0. The summed E-state index contributed by atoms with van der Waals surface area (Å²) >= 11 is 0. The van der Waals surface area contributed by atoms with Crippen LogP contribution in [0.15, 0.2) is 24.4 Å². The fourth-order valence-electron chi connectivity index (χ4n) is 4.14. The lowest BCUT2D eigenvalue weighted by Gasteiger charge is -2.38. The Balaban J connectivity index is 1.55. The highest BCUT2D eigenvalue weighted by Gasteiger charge is 2.38. The Bertz CT molecular complexity index is 983. The SMILES string of the molecule is CC(C)(C)OC(=O)N1CCn2c(cnc2C2CC2)C1CCc1ccc(OC(F)F)c(F)c1. The summed E-state index contributed by atoms with van der Waals surface area (Å²) in [5.41, 5.74) is 0.955. The molecule has 1 unspecified atom stereocenters. The Labute approximate surface area is 185 Å². The summed E-state index contributed by atoms with van der Waals surface area (Å²) in [6.45, 7) is 3.55. The number of benzene rings is 1. The van der Waals surface area contributed by atoms with Gasteiger partial charge in [-0.05, 0) is 64.2 Å². The van der Waals surface area contributed by atoms with E-state index in [1.54, 1.807) is 11.0 Å². The molecule has 0 N–H and O–H groups in total. The molecule has 1 aliphatic heterocycles. The summed E-state index contributed by atoms with van der Waals surface area (Å²) in [6, 6.07) is 3.69. The normalized spacial score (nSPS) is 18.6. The Morgan fingerprint density at radius 2 is 2.00 bits per heavy atom. The molecular formula is C23H28F3N3O3. The molecule has 2 aromatic rings. The van der Waals surface area contributed by atoms with Crippen molar-refractivity contribution in [2.75, 3.05) is 6.54 Å². The monoisotopic (exact) mass is 451 g/mol. The van der Waals surface area contributed by atoms with E-state index in [0.29, 0.717) is 37.4 Å². The number of hydrogen-bond acceptors (Lipinski definition) is 4. The first-order chi connectivity index (χ1) is 15.1. The summed E-state index contributed by atoms with van der Waals surface area (Å²) < 4.78 is 50.9. The molecule has 174 valence electrons. The predicted molar refractivity (Wildman–Crippen MR) is 111 cm³/mol. The van der Waals surface area contributed by atoms with Gasteiger partial charge in [0.1, 0.15) is 11.4 Å². The standard InChI is InChI=1S/C23H28F3N3O3/c1-23(2,3)32-22(30)29-11-10-28-18(13-27-20(28)15-6-7-15)17(29)8-4-14-5-9-19(16(24)12-14)31-21(25)26/h5,9,12-13,15,17,21H,4,6-8,10-11H2,1-3H3.